The van der Waals surface area contributed by atoms with Crippen LogP contribution >= 0.6 is 0 Å². The Balaban J connectivity index is 1.71. The Kier molecular flexibility index (Phi) is 3.22. The predicted molar refractivity (Wildman–Crippen MR) is 84.3 cm³/mol. The van der Waals surface area contributed by atoms with Gasteiger partial charge in [-0.1, -0.05) is 27.7 Å². The number of carboxylic acid groups (broad SMARTS) is 1. The second-order valence-electron chi connectivity index (χ2n) is 9.43. The fraction of sp³-hybridized carbons (Fsp3) is 0.889. The van der Waals surface area contributed by atoms with Crippen molar-refractivity contribution in [3.05, 3.63) is 0 Å². The molecule has 0 aromatic rings. The number of aliphatic carboxylic acids is 1. The molecule has 4 heteroatoms. The average Bonchev–Trinajstić information content (AvgIpc) is 2.45. The molecule has 0 aliphatic heterocycles. The highest BCUT2D eigenvalue weighted by Gasteiger charge is 2.58. The summed E-state index contributed by atoms with van der Waals surface area (Å²) in [6.07, 6.45) is 5.31. The third-order valence-electron chi connectivity index (χ3n) is 6.93. The molecule has 0 radical (unpaired) electrons. The van der Waals surface area contributed by atoms with Gasteiger partial charge in [-0.15, -0.1) is 0 Å². The van der Waals surface area contributed by atoms with Gasteiger partial charge < -0.3 is 10.4 Å². The van der Waals surface area contributed by atoms with E-state index in [4.69, 9.17) is 0 Å². The summed E-state index contributed by atoms with van der Waals surface area (Å²) in [4.78, 5) is 24.5. The van der Waals surface area contributed by atoms with Crippen LogP contribution in [-0.4, -0.2) is 23.0 Å². The van der Waals surface area contributed by atoms with Crippen LogP contribution in [-0.2, 0) is 9.59 Å². The first kappa shape index (κ1) is 15.8. The van der Waals surface area contributed by atoms with Crippen molar-refractivity contribution in [1.29, 1.82) is 0 Å². The zero-order valence-corrected chi connectivity index (χ0v) is 14.3. The highest BCUT2D eigenvalue weighted by molar-refractivity contribution is 5.85. The summed E-state index contributed by atoms with van der Waals surface area (Å²) in [6, 6.07) is 0.218. The van der Waals surface area contributed by atoms with Crippen LogP contribution in [0.15, 0.2) is 0 Å². The molecule has 0 saturated heterocycles. The van der Waals surface area contributed by atoms with Gasteiger partial charge in [0.2, 0.25) is 5.91 Å². The van der Waals surface area contributed by atoms with Crippen molar-refractivity contribution in [2.45, 2.75) is 78.7 Å². The summed E-state index contributed by atoms with van der Waals surface area (Å²) in [5, 5.41) is 12.8. The third-order valence-corrected chi connectivity index (χ3v) is 6.93. The van der Waals surface area contributed by atoms with Crippen molar-refractivity contribution < 1.29 is 14.7 Å². The summed E-state index contributed by atoms with van der Waals surface area (Å²) < 4.78 is 0. The minimum Gasteiger partial charge on any atom is -0.481 e. The van der Waals surface area contributed by atoms with Gasteiger partial charge in [0.1, 0.15) is 0 Å². The number of nitrogens with one attached hydrogen (secondary N) is 1. The van der Waals surface area contributed by atoms with Crippen LogP contribution in [0.25, 0.3) is 0 Å². The van der Waals surface area contributed by atoms with Gasteiger partial charge in [-0.25, -0.2) is 0 Å². The monoisotopic (exact) mass is 307 g/mol. The van der Waals surface area contributed by atoms with Crippen LogP contribution in [0, 0.1) is 21.7 Å². The molecule has 4 saturated carbocycles. The fourth-order valence-corrected chi connectivity index (χ4v) is 5.83. The van der Waals surface area contributed by atoms with Crippen LogP contribution in [0.3, 0.4) is 0 Å². The number of carboxylic acids is 1. The number of carbonyl (C=O) groups is 2. The van der Waals surface area contributed by atoms with Crippen LogP contribution in [0.2, 0.25) is 0 Å². The molecule has 22 heavy (non-hydrogen) atoms. The van der Waals surface area contributed by atoms with Crippen molar-refractivity contribution >= 4 is 11.9 Å². The fourth-order valence-electron chi connectivity index (χ4n) is 5.83. The second kappa shape index (κ2) is 4.48. The summed E-state index contributed by atoms with van der Waals surface area (Å²) in [7, 11) is 0. The zero-order chi connectivity index (χ0) is 16.4. The molecular formula is C18H29NO3. The molecule has 0 heterocycles. The van der Waals surface area contributed by atoms with Gasteiger partial charge in [0.05, 0.1) is 5.41 Å². The van der Waals surface area contributed by atoms with Gasteiger partial charge in [0, 0.05) is 11.5 Å². The Hall–Kier alpha value is -1.06. The number of rotatable bonds is 3. The Morgan fingerprint density at radius 2 is 1.27 bits per heavy atom. The van der Waals surface area contributed by atoms with Gasteiger partial charge >= 0.3 is 5.97 Å². The molecule has 2 bridgehead atoms. The lowest BCUT2D eigenvalue weighted by atomic mass is 9.50. The molecule has 4 fully saturated rings. The molecule has 0 atom stereocenters. The first-order chi connectivity index (χ1) is 10.0. The number of hydrogen-bond donors (Lipinski definition) is 2. The smallest absolute Gasteiger partial charge is 0.309 e. The molecule has 4 aliphatic carbocycles. The molecule has 4 rings (SSSR count). The van der Waals surface area contributed by atoms with Gasteiger partial charge in [-0.05, 0) is 55.8 Å². The average molecular weight is 307 g/mol. The first-order valence-electron chi connectivity index (χ1n) is 8.58. The largest absolute Gasteiger partial charge is 0.481 e. The lowest BCUT2D eigenvalue weighted by Crippen LogP contribution is -2.66. The minimum atomic E-state index is -0.664. The van der Waals surface area contributed by atoms with E-state index in [2.05, 4.69) is 33.0 Å². The Bertz CT molecular complexity index is 482. The van der Waals surface area contributed by atoms with E-state index >= 15 is 0 Å². The van der Waals surface area contributed by atoms with Gasteiger partial charge in [-0.2, -0.15) is 0 Å². The standard InChI is InChI=1S/C18H29NO3/c1-15(2)11-16(3,4)12(15)19-13(20)17-5-8-18(9-6-17,10-7-17)14(21)22/h12H,5-11H2,1-4H3,(H,19,20)(H,21,22). The van der Waals surface area contributed by atoms with Crippen molar-refractivity contribution in [2.24, 2.45) is 21.7 Å². The molecular weight excluding hydrogens is 278 g/mol. The van der Waals surface area contributed by atoms with E-state index in [1.807, 2.05) is 0 Å². The SMILES string of the molecule is CC1(C)CC(C)(C)C1NC(=O)C12CCC(C(=O)O)(CC1)CC2. The molecule has 0 aromatic carbocycles. The van der Waals surface area contributed by atoms with E-state index in [9.17, 15) is 14.7 Å². The predicted octanol–water partition coefficient (Wildman–Crippen LogP) is 3.35. The normalized spacial score (nSPS) is 39.1. The van der Waals surface area contributed by atoms with Crippen LogP contribution in [0.4, 0.5) is 0 Å². The maximum absolute atomic E-state index is 13.0. The molecule has 0 spiro atoms. The Morgan fingerprint density at radius 3 is 1.64 bits per heavy atom. The minimum absolute atomic E-state index is 0.157. The number of hydrogen-bond acceptors (Lipinski definition) is 2. The summed E-state index contributed by atoms with van der Waals surface area (Å²) in [5.74, 6) is -0.487. The van der Waals surface area contributed by atoms with Crippen molar-refractivity contribution in [2.75, 3.05) is 0 Å². The highest BCUT2D eigenvalue weighted by Crippen LogP contribution is 2.58. The molecule has 124 valence electrons. The number of amides is 1. The van der Waals surface area contributed by atoms with E-state index in [0.29, 0.717) is 19.3 Å². The second-order valence-corrected chi connectivity index (χ2v) is 9.43. The quantitative estimate of drug-likeness (QED) is 0.840. The molecule has 1 amide bonds. The topological polar surface area (TPSA) is 66.4 Å². The van der Waals surface area contributed by atoms with Crippen LogP contribution < -0.4 is 5.32 Å². The summed E-state index contributed by atoms with van der Waals surface area (Å²) in [5.41, 5.74) is -0.538. The van der Waals surface area contributed by atoms with E-state index in [1.165, 1.54) is 0 Å². The molecule has 4 nitrogen and oxygen atoms in total. The lowest BCUT2D eigenvalue weighted by Gasteiger charge is -2.59. The van der Waals surface area contributed by atoms with Crippen molar-refractivity contribution in [1.82, 2.24) is 5.32 Å². The van der Waals surface area contributed by atoms with Crippen molar-refractivity contribution in [3.63, 3.8) is 0 Å². The third kappa shape index (κ3) is 2.10. The zero-order valence-electron chi connectivity index (χ0n) is 14.3. The summed E-state index contributed by atoms with van der Waals surface area (Å²) in [6.45, 7) is 8.88. The van der Waals surface area contributed by atoms with E-state index in [0.717, 1.165) is 25.7 Å². The maximum atomic E-state index is 13.0. The molecule has 2 N–H and O–H groups in total. The van der Waals surface area contributed by atoms with E-state index in [-0.39, 0.29) is 28.2 Å². The van der Waals surface area contributed by atoms with Gasteiger partial charge in [0.15, 0.2) is 0 Å². The molecule has 0 unspecified atom stereocenters. The molecule has 4 aliphatic rings. The van der Waals surface area contributed by atoms with Crippen molar-refractivity contribution in [3.8, 4) is 0 Å². The number of fused-ring (bicyclic) bond motifs is 3. The number of carbonyl (C=O) groups excluding carboxylic acids is 1. The molecule has 0 aromatic heterocycles. The van der Waals surface area contributed by atoms with E-state index in [1.54, 1.807) is 0 Å². The highest BCUT2D eigenvalue weighted by atomic mass is 16.4. The Labute approximate surface area is 133 Å². The summed E-state index contributed by atoms with van der Waals surface area (Å²) >= 11 is 0. The maximum Gasteiger partial charge on any atom is 0.309 e. The lowest BCUT2D eigenvalue weighted by molar-refractivity contribution is -0.165. The van der Waals surface area contributed by atoms with E-state index < -0.39 is 11.4 Å². The first-order valence-corrected chi connectivity index (χ1v) is 8.58. The van der Waals surface area contributed by atoms with Gasteiger partial charge in [-0.3, -0.25) is 9.59 Å². The Morgan fingerprint density at radius 1 is 0.864 bits per heavy atom. The van der Waals surface area contributed by atoms with Crippen LogP contribution in [0.5, 0.6) is 0 Å². The van der Waals surface area contributed by atoms with Crippen LogP contribution in [0.1, 0.15) is 72.6 Å². The van der Waals surface area contributed by atoms with Gasteiger partial charge in [0.25, 0.3) is 0 Å².